The number of anilines is 1. The number of hydrogen-bond donors (Lipinski definition) is 2. The highest BCUT2D eigenvalue weighted by molar-refractivity contribution is 7.80. The number of rotatable bonds is 3. The van der Waals surface area contributed by atoms with Gasteiger partial charge in [0.05, 0.1) is 33.6 Å². The molecular weight excluding hydrogens is 385 g/mol. The van der Waals surface area contributed by atoms with E-state index in [0.29, 0.717) is 11.3 Å². The summed E-state index contributed by atoms with van der Waals surface area (Å²) in [7, 11) is 0. The normalized spacial score (nSPS) is 11.6. The number of benzene rings is 2. The van der Waals surface area contributed by atoms with Crippen LogP contribution in [0.3, 0.4) is 0 Å². The Bertz CT molecular complexity index is 886. The molecule has 26 heavy (non-hydrogen) atoms. The van der Waals surface area contributed by atoms with Crippen molar-refractivity contribution in [3.63, 3.8) is 0 Å². The van der Waals surface area contributed by atoms with Crippen molar-refractivity contribution in [3.8, 4) is 6.07 Å². The Balaban J connectivity index is 2.07. The number of nitrogens with zero attached hydrogens (tertiary/aromatic N) is 2. The van der Waals surface area contributed by atoms with Crippen LogP contribution in [0.2, 0.25) is 5.02 Å². The van der Waals surface area contributed by atoms with Gasteiger partial charge in [0.1, 0.15) is 0 Å². The van der Waals surface area contributed by atoms with Gasteiger partial charge < -0.3 is 5.32 Å². The van der Waals surface area contributed by atoms with E-state index in [1.165, 1.54) is 0 Å². The van der Waals surface area contributed by atoms with Gasteiger partial charge >= 0.3 is 6.18 Å². The molecule has 4 nitrogen and oxygen atoms in total. The minimum atomic E-state index is -4.49. The molecule has 0 aromatic heterocycles. The van der Waals surface area contributed by atoms with Gasteiger partial charge in [-0.2, -0.15) is 23.5 Å². The summed E-state index contributed by atoms with van der Waals surface area (Å²) >= 11 is 10.9. The molecule has 2 rings (SSSR count). The maximum atomic E-state index is 12.8. The van der Waals surface area contributed by atoms with E-state index in [-0.39, 0.29) is 15.8 Å². The second-order valence-electron chi connectivity index (χ2n) is 5.14. The summed E-state index contributed by atoms with van der Waals surface area (Å²) < 4.78 is 38.3. The molecule has 134 valence electrons. The van der Waals surface area contributed by atoms with Crippen LogP contribution >= 0.6 is 23.8 Å². The monoisotopic (exact) mass is 396 g/mol. The summed E-state index contributed by atoms with van der Waals surface area (Å²) in [6.07, 6.45) is -4.49. The van der Waals surface area contributed by atoms with Gasteiger partial charge in [0.25, 0.3) is 0 Å². The van der Waals surface area contributed by atoms with Gasteiger partial charge in [-0.3, -0.25) is 5.43 Å². The molecule has 0 aliphatic rings. The third kappa shape index (κ3) is 5.18. The topological polar surface area (TPSA) is 60.2 Å². The molecular formula is C17H12ClF3N4S. The minimum absolute atomic E-state index is 0.0146. The zero-order chi connectivity index (χ0) is 19.3. The van der Waals surface area contributed by atoms with Crippen molar-refractivity contribution in [1.29, 1.82) is 5.26 Å². The average Bonchev–Trinajstić information content (AvgIpc) is 2.60. The summed E-state index contributed by atoms with van der Waals surface area (Å²) in [6.45, 7) is 1.72. The Hall–Kier alpha value is -2.63. The lowest BCUT2D eigenvalue weighted by Gasteiger charge is -2.13. The van der Waals surface area contributed by atoms with Gasteiger partial charge in [0.2, 0.25) is 0 Å². The first-order chi connectivity index (χ1) is 12.2. The Morgan fingerprint density at radius 3 is 2.42 bits per heavy atom. The van der Waals surface area contributed by atoms with Crippen LogP contribution < -0.4 is 10.7 Å². The van der Waals surface area contributed by atoms with Crippen molar-refractivity contribution in [2.45, 2.75) is 13.1 Å². The fourth-order valence-electron chi connectivity index (χ4n) is 1.93. The Kier molecular flexibility index (Phi) is 6.18. The van der Waals surface area contributed by atoms with Crippen molar-refractivity contribution >= 4 is 40.3 Å². The van der Waals surface area contributed by atoms with Crippen LogP contribution in [0.1, 0.15) is 23.6 Å². The number of hydrazone groups is 1. The number of alkyl halides is 3. The van der Waals surface area contributed by atoms with E-state index >= 15 is 0 Å². The number of hydrogen-bond acceptors (Lipinski definition) is 3. The van der Waals surface area contributed by atoms with Crippen LogP contribution in [0.4, 0.5) is 18.9 Å². The lowest BCUT2D eigenvalue weighted by atomic mass is 10.1. The number of nitriles is 1. The van der Waals surface area contributed by atoms with Crippen LogP contribution in [0.25, 0.3) is 0 Å². The zero-order valence-electron chi connectivity index (χ0n) is 13.4. The summed E-state index contributed by atoms with van der Waals surface area (Å²) in [5.41, 5.74) is 3.58. The molecule has 0 aliphatic carbocycles. The van der Waals surface area contributed by atoms with E-state index < -0.39 is 11.7 Å². The van der Waals surface area contributed by atoms with E-state index in [0.717, 1.165) is 23.8 Å². The molecule has 2 aromatic carbocycles. The summed E-state index contributed by atoms with van der Waals surface area (Å²) in [6, 6.07) is 11.6. The molecule has 0 unspecified atom stereocenters. The Morgan fingerprint density at radius 1 is 1.19 bits per heavy atom. The standard InChI is InChI=1S/C17H12ClF3N4S/c1-10(12-4-2-11(9-22)3-5-12)24-25-16(26)23-15-8-13(17(19,20)21)6-7-14(15)18/h2-8H,1H3,(H2,23,25,26)/b24-10-. The van der Waals surface area contributed by atoms with Crippen LogP contribution in [-0.2, 0) is 6.18 Å². The van der Waals surface area contributed by atoms with Gasteiger partial charge in [-0.1, -0.05) is 23.7 Å². The highest BCUT2D eigenvalue weighted by atomic mass is 35.5. The van der Waals surface area contributed by atoms with Crippen molar-refractivity contribution < 1.29 is 13.2 Å². The highest BCUT2D eigenvalue weighted by Crippen LogP contribution is 2.33. The zero-order valence-corrected chi connectivity index (χ0v) is 14.9. The van der Waals surface area contributed by atoms with E-state index in [1.54, 1.807) is 31.2 Å². The molecule has 0 amide bonds. The molecule has 0 atom stereocenters. The second-order valence-corrected chi connectivity index (χ2v) is 5.96. The second kappa shape index (κ2) is 8.17. The van der Waals surface area contributed by atoms with Gasteiger partial charge in [0, 0.05) is 0 Å². The maximum Gasteiger partial charge on any atom is 0.416 e. The molecule has 0 saturated heterocycles. The molecule has 2 aromatic rings. The van der Waals surface area contributed by atoms with Crippen LogP contribution in [0.15, 0.2) is 47.6 Å². The SMILES string of the molecule is C/C(=N/NC(=S)Nc1cc(C(F)(F)F)ccc1Cl)c1ccc(C#N)cc1. The van der Waals surface area contributed by atoms with Crippen molar-refractivity contribution in [1.82, 2.24) is 5.43 Å². The number of halogens is 4. The van der Waals surface area contributed by atoms with Crippen molar-refractivity contribution in [2.24, 2.45) is 5.10 Å². The molecule has 0 heterocycles. The molecule has 2 N–H and O–H groups in total. The fraction of sp³-hybridized carbons (Fsp3) is 0.118. The third-order valence-corrected chi connectivity index (χ3v) is 3.82. The van der Waals surface area contributed by atoms with Crippen molar-refractivity contribution in [2.75, 3.05) is 5.32 Å². The summed E-state index contributed by atoms with van der Waals surface area (Å²) in [4.78, 5) is 0. The van der Waals surface area contributed by atoms with E-state index in [9.17, 15) is 13.2 Å². The van der Waals surface area contributed by atoms with E-state index in [4.69, 9.17) is 29.1 Å². The fourth-order valence-corrected chi connectivity index (χ4v) is 2.25. The quantitative estimate of drug-likeness (QED) is 0.438. The first-order valence-electron chi connectivity index (χ1n) is 7.19. The lowest BCUT2D eigenvalue weighted by molar-refractivity contribution is -0.137. The summed E-state index contributed by atoms with van der Waals surface area (Å²) in [5.74, 6) is 0. The molecule has 0 saturated carbocycles. The van der Waals surface area contributed by atoms with Crippen LogP contribution in [-0.4, -0.2) is 10.8 Å². The van der Waals surface area contributed by atoms with E-state index in [1.807, 2.05) is 6.07 Å². The Labute approximate surface area is 158 Å². The number of thiocarbonyl (C=S) groups is 1. The van der Waals surface area contributed by atoms with Crippen LogP contribution in [0.5, 0.6) is 0 Å². The smallest absolute Gasteiger partial charge is 0.330 e. The minimum Gasteiger partial charge on any atom is -0.330 e. The van der Waals surface area contributed by atoms with Gasteiger partial charge in [-0.05, 0) is 55.0 Å². The largest absolute Gasteiger partial charge is 0.416 e. The van der Waals surface area contributed by atoms with Gasteiger partial charge in [-0.25, -0.2) is 0 Å². The Morgan fingerprint density at radius 2 is 1.85 bits per heavy atom. The maximum absolute atomic E-state index is 12.8. The van der Waals surface area contributed by atoms with Crippen LogP contribution in [0, 0.1) is 11.3 Å². The van der Waals surface area contributed by atoms with Crippen molar-refractivity contribution in [3.05, 3.63) is 64.2 Å². The molecule has 0 bridgehead atoms. The molecule has 0 aliphatic heterocycles. The summed E-state index contributed by atoms with van der Waals surface area (Å²) in [5, 5.41) is 15.5. The first kappa shape index (κ1) is 19.7. The average molecular weight is 397 g/mol. The first-order valence-corrected chi connectivity index (χ1v) is 7.98. The highest BCUT2D eigenvalue weighted by Gasteiger charge is 2.31. The predicted molar refractivity (Wildman–Crippen MR) is 99.2 cm³/mol. The molecule has 0 spiro atoms. The lowest BCUT2D eigenvalue weighted by Crippen LogP contribution is -2.25. The van der Waals surface area contributed by atoms with Gasteiger partial charge in [-0.15, -0.1) is 0 Å². The number of nitrogens with one attached hydrogen (secondary N) is 2. The predicted octanol–water partition coefficient (Wildman–Crippen LogP) is 4.94. The molecule has 0 fully saturated rings. The molecule has 9 heteroatoms. The third-order valence-electron chi connectivity index (χ3n) is 3.30. The molecule has 0 radical (unpaired) electrons. The van der Waals surface area contributed by atoms with E-state index in [2.05, 4.69) is 15.8 Å². The van der Waals surface area contributed by atoms with Gasteiger partial charge in [0.15, 0.2) is 5.11 Å².